The molecule has 0 saturated heterocycles. The fraction of sp³-hybridized carbons (Fsp3) is 0.0476. The molecule has 0 unspecified atom stereocenters. The molecule has 7 nitrogen and oxygen atoms in total. The Kier molecular flexibility index (Phi) is 5.77. The second kappa shape index (κ2) is 8.42. The largest absolute Gasteiger partial charge is 0.497 e. The number of carboxylic acid groups (broad SMARTS) is 1. The number of methoxy groups -OCH3 is 1. The van der Waals surface area contributed by atoms with Gasteiger partial charge in [-0.25, -0.2) is 4.79 Å². The zero-order valence-corrected chi connectivity index (χ0v) is 15.9. The van der Waals surface area contributed by atoms with Crippen molar-refractivity contribution in [2.45, 2.75) is 0 Å². The predicted octanol–water partition coefficient (Wildman–Crippen LogP) is 3.63. The van der Waals surface area contributed by atoms with Crippen LogP contribution in [0.2, 0.25) is 5.02 Å². The van der Waals surface area contributed by atoms with E-state index in [1.54, 1.807) is 54.6 Å². The molecule has 1 heterocycles. The number of ether oxygens (including phenoxy) is 1. The van der Waals surface area contributed by atoms with E-state index in [0.29, 0.717) is 22.0 Å². The van der Waals surface area contributed by atoms with Gasteiger partial charge in [0.2, 0.25) is 0 Å². The summed E-state index contributed by atoms with van der Waals surface area (Å²) in [6.45, 7) is 0. The number of rotatable bonds is 5. The van der Waals surface area contributed by atoms with Crippen LogP contribution in [0.1, 0.15) is 27.2 Å². The smallest absolute Gasteiger partial charge is 0.357 e. The molecule has 1 aromatic heterocycles. The Morgan fingerprint density at radius 2 is 1.90 bits per heavy atom. The van der Waals surface area contributed by atoms with E-state index in [4.69, 9.17) is 16.3 Å². The molecule has 8 heteroatoms. The van der Waals surface area contributed by atoms with E-state index < -0.39 is 17.2 Å². The van der Waals surface area contributed by atoms with Crippen LogP contribution in [0.3, 0.4) is 0 Å². The number of carbonyl (C=O) groups is 1. The SMILES string of the molecule is COc1ccc(-n2nc(C(=O)O)c(/C=C\c3ccccc3Cl)c(C#N)c2=O)cc1. The minimum atomic E-state index is -1.37. The highest BCUT2D eigenvalue weighted by atomic mass is 35.5. The van der Waals surface area contributed by atoms with E-state index in [9.17, 15) is 20.0 Å². The van der Waals surface area contributed by atoms with Gasteiger partial charge >= 0.3 is 5.97 Å². The van der Waals surface area contributed by atoms with Crippen LogP contribution in [0.15, 0.2) is 53.3 Å². The standard InChI is InChI=1S/C21H14ClN3O4/c1-29-15-9-7-14(8-10-15)25-20(26)17(12-23)16(19(24-25)21(27)28)11-6-13-4-2-3-5-18(13)22/h2-11H,1H3,(H,27,28)/b11-6-. The number of nitrogens with zero attached hydrogens (tertiary/aromatic N) is 3. The molecule has 0 fully saturated rings. The van der Waals surface area contributed by atoms with Gasteiger partial charge in [0.05, 0.1) is 12.8 Å². The number of hydrogen-bond donors (Lipinski definition) is 1. The Balaban J connectivity index is 2.20. The lowest BCUT2D eigenvalue weighted by Crippen LogP contribution is -2.28. The van der Waals surface area contributed by atoms with Gasteiger partial charge < -0.3 is 9.84 Å². The maximum absolute atomic E-state index is 12.8. The third-order valence-corrected chi connectivity index (χ3v) is 4.44. The molecule has 0 amide bonds. The van der Waals surface area contributed by atoms with Gasteiger partial charge in [-0.1, -0.05) is 42.0 Å². The van der Waals surface area contributed by atoms with Crippen LogP contribution < -0.4 is 10.3 Å². The van der Waals surface area contributed by atoms with Crippen LogP contribution >= 0.6 is 11.6 Å². The normalized spacial score (nSPS) is 10.7. The van der Waals surface area contributed by atoms with Crippen molar-refractivity contribution in [3.8, 4) is 17.5 Å². The maximum atomic E-state index is 12.8. The molecule has 3 aromatic rings. The number of nitriles is 1. The average molecular weight is 408 g/mol. The number of aromatic nitrogens is 2. The lowest BCUT2D eigenvalue weighted by molar-refractivity contribution is 0.0688. The Morgan fingerprint density at radius 1 is 1.21 bits per heavy atom. The molecule has 0 radical (unpaired) electrons. The first-order valence-electron chi connectivity index (χ1n) is 8.34. The summed E-state index contributed by atoms with van der Waals surface area (Å²) >= 11 is 6.10. The van der Waals surface area contributed by atoms with E-state index in [-0.39, 0.29) is 11.1 Å². The van der Waals surface area contributed by atoms with Crippen LogP contribution in [-0.2, 0) is 0 Å². The van der Waals surface area contributed by atoms with Gasteiger partial charge in [-0.3, -0.25) is 4.79 Å². The van der Waals surface area contributed by atoms with Crippen molar-refractivity contribution in [3.63, 3.8) is 0 Å². The van der Waals surface area contributed by atoms with Crippen molar-refractivity contribution in [2.24, 2.45) is 0 Å². The van der Waals surface area contributed by atoms with Crippen LogP contribution in [0.25, 0.3) is 17.8 Å². The minimum absolute atomic E-state index is 0.0883. The average Bonchev–Trinajstić information content (AvgIpc) is 2.73. The zero-order chi connectivity index (χ0) is 21.0. The zero-order valence-electron chi connectivity index (χ0n) is 15.2. The minimum Gasteiger partial charge on any atom is -0.497 e. The molecule has 3 rings (SSSR count). The molecule has 0 bridgehead atoms. The highest BCUT2D eigenvalue weighted by molar-refractivity contribution is 6.32. The third-order valence-electron chi connectivity index (χ3n) is 4.10. The van der Waals surface area contributed by atoms with Gasteiger partial charge in [-0.2, -0.15) is 15.0 Å². The highest BCUT2D eigenvalue weighted by Crippen LogP contribution is 2.20. The Bertz CT molecular complexity index is 1210. The summed E-state index contributed by atoms with van der Waals surface area (Å²) in [5.41, 5.74) is -0.682. The Labute approximate surface area is 170 Å². The maximum Gasteiger partial charge on any atom is 0.357 e. The molecule has 1 N–H and O–H groups in total. The van der Waals surface area contributed by atoms with E-state index in [2.05, 4.69) is 5.10 Å². The van der Waals surface area contributed by atoms with Crippen molar-refractivity contribution in [2.75, 3.05) is 7.11 Å². The highest BCUT2D eigenvalue weighted by Gasteiger charge is 2.21. The molecular formula is C21H14ClN3O4. The van der Waals surface area contributed by atoms with Crippen LogP contribution in [0.5, 0.6) is 5.75 Å². The number of benzene rings is 2. The van der Waals surface area contributed by atoms with Crippen molar-refractivity contribution < 1.29 is 14.6 Å². The first-order valence-corrected chi connectivity index (χ1v) is 8.72. The summed E-state index contributed by atoms with van der Waals surface area (Å²) in [6, 6.07) is 15.0. The van der Waals surface area contributed by atoms with Gasteiger partial charge in [0.25, 0.3) is 5.56 Å². The molecule has 0 aliphatic rings. The van der Waals surface area contributed by atoms with E-state index in [1.807, 2.05) is 0 Å². The second-order valence-corrected chi connectivity index (χ2v) is 6.23. The molecule has 0 spiro atoms. The monoisotopic (exact) mass is 407 g/mol. The molecule has 0 atom stereocenters. The van der Waals surface area contributed by atoms with Gasteiger partial charge in [0, 0.05) is 10.6 Å². The molecule has 2 aromatic carbocycles. The fourth-order valence-electron chi connectivity index (χ4n) is 2.65. The van der Waals surface area contributed by atoms with Crippen LogP contribution in [-0.4, -0.2) is 28.0 Å². The Morgan fingerprint density at radius 3 is 2.48 bits per heavy atom. The van der Waals surface area contributed by atoms with Crippen molar-refractivity contribution in [3.05, 3.63) is 86.3 Å². The molecule has 0 aliphatic carbocycles. The topological polar surface area (TPSA) is 105 Å². The summed E-state index contributed by atoms with van der Waals surface area (Å²) in [7, 11) is 1.50. The van der Waals surface area contributed by atoms with Gasteiger partial charge in [-0.15, -0.1) is 0 Å². The first-order chi connectivity index (χ1) is 14.0. The lowest BCUT2D eigenvalue weighted by atomic mass is 10.1. The second-order valence-electron chi connectivity index (χ2n) is 5.82. The van der Waals surface area contributed by atoms with Crippen LogP contribution in [0, 0.1) is 11.3 Å². The lowest BCUT2D eigenvalue weighted by Gasteiger charge is -2.10. The molecular weight excluding hydrogens is 394 g/mol. The number of carboxylic acids is 1. The van der Waals surface area contributed by atoms with Gasteiger partial charge in [-0.05, 0) is 35.9 Å². The predicted molar refractivity (Wildman–Crippen MR) is 108 cm³/mol. The fourth-order valence-corrected chi connectivity index (χ4v) is 2.85. The van der Waals surface area contributed by atoms with E-state index >= 15 is 0 Å². The van der Waals surface area contributed by atoms with E-state index in [1.165, 1.54) is 19.3 Å². The summed E-state index contributed by atoms with van der Waals surface area (Å²) in [4.78, 5) is 24.6. The van der Waals surface area contributed by atoms with Crippen LogP contribution in [0.4, 0.5) is 0 Å². The first kappa shape index (κ1) is 19.9. The summed E-state index contributed by atoms with van der Waals surface area (Å²) in [6.07, 6.45) is 2.89. The number of halogens is 1. The summed E-state index contributed by atoms with van der Waals surface area (Å²) in [5.74, 6) is -0.817. The van der Waals surface area contributed by atoms with Gasteiger partial charge in [0.1, 0.15) is 17.4 Å². The molecule has 0 saturated carbocycles. The third kappa shape index (κ3) is 4.03. The van der Waals surface area contributed by atoms with Gasteiger partial charge in [0.15, 0.2) is 5.69 Å². The quantitative estimate of drug-likeness (QED) is 0.692. The Hall–Kier alpha value is -3.89. The van der Waals surface area contributed by atoms with E-state index in [0.717, 1.165) is 4.68 Å². The molecule has 29 heavy (non-hydrogen) atoms. The molecule has 144 valence electrons. The summed E-state index contributed by atoms with van der Waals surface area (Å²) < 4.78 is 5.95. The number of hydrogen-bond acceptors (Lipinski definition) is 5. The van der Waals surface area contributed by atoms with Crippen molar-refractivity contribution in [1.82, 2.24) is 9.78 Å². The van der Waals surface area contributed by atoms with Crippen molar-refractivity contribution >= 4 is 29.7 Å². The van der Waals surface area contributed by atoms with Crippen molar-refractivity contribution in [1.29, 1.82) is 5.26 Å². The molecule has 0 aliphatic heterocycles. The number of aromatic carboxylic acids is 1. The summed E-state index contributed by atoms with van der Waals surface area (Å²) in [5, 5.41) is 23.6.